The Morgan fingerprint density at radius 1 is 1.02 bits per heavy atom. The van der Waals surface area contributed by atoms with Crippen LogP contribution in [0.3, 0.4) is 0 Å². The number of primary amides is 1. The van der Waals surface area contributed by atoms with Crippen LogP contribution in [0.25, 0.3) is 16.6 Å². The number of nitro benzene ring substituents is 1. The summed E-state index contributed by atoms with van der Waals surface area (Å²) in [6, 6.07) is 21.2. The first kappa shape index (κ1) is 43.9. The highest BCUT2D eigenvalue weighted by Gasteiger charge is 2.49. The molecular weight excluding hydrogens is 852 g/mol. The maximum absolute atomic E-state index is 15.5. The summed E-state index contributed by atoms with van der Waals surface area (Å²) in [5.74, 6) is -0.337. The zero-order valence-corrected chi connectivity index (χ0v) is 38.0. The van der Waals surface area contributed by atoms with E-state index in [0.29, 0.717) is 53.5 Å². The van der Waals surface area contributed by atoms with E-state index in [4.69, 9.17) is 22.1 Å². The van der Waals surface area contributed by atoms with Crippen LogP contribution in [-0.2, 0) is 10.0 Å². The highest BCUT2D eigenvalue weighted by molar-refractivity contribution is 7.91. The van der Waals surface area contributed by atoms with E-state index in [1.54, 1.807) is 30.5 Å². The number of fused-ring (bicyclic) bond motifs is 1. The van der Waals surface area contributed by atoms with Gasteiger partial charge in [-0.15, -0.1) is 0 Å². The Balaban J connectivity index is 1.06. The molecule has 16 heteroatoms. The van der Waals surface area contributed by atoms with Crippen LogP contribution in [0.4, 0.5) is 17.1 Å². The second kappa shape index (κ2) is 17.6. The van der Waals surface area contributed by atoms with Crippen LogP contribution in [0.15, 0.2) is 95.7 Å². The summed E-state index contributed by atoms with van der Waals surface area (Å²) >= 11 is 6.29. The number of piperidine rings is 1. The van der Waals surface area contributed by atoms with E-state index >= 15 is 8.42 Å². The van der Waals surface area contributed by atoms with Crippen LogP contribution in [0.2, 0.25) is 5.02 Å². The third-order valence-corrected chi connectivity index (χ3v) is 16.7. The van der Waals surface area contributed by atoms with Crippen molar-refractivity contribution < 1.29 is 22.9 Å². The van der Waals surface area contributed by atoms with Crippen molar-refractivity contribution in [2.24, 2.45) is 11.1 Å². The average Bonchev–Trinajstić information content (AvgIpc) is 3.73. The molecule has 2 aliphatic heterocycles. The molecule has 3 aromatic carbocycles. The van der Waals surface area contributed by atoms with Crippen molar-refractivity contribution in [2.75, 3.05) is 51.1 Å². The Kier molecular flexibility index (Phi) is 12.1. The highest BCUT2D eigenvalue weighted by Crippen LogP contribution is 2.45. The number of anilines is 1. The minimum atomic E-state index is -4.41. The molecule has 4 aliphatic rings. The molecule has 3 fully saturated rings. The fraction of sp³-hybridized carbons (Fsp3) is 0.417. The normalized spacial score (nSPS) is 19.9. The standard InChI is InChI=1S/C48H55ClN8O6S/c1-48(2)18-14-34(42(29-48)32-6-8-35(49)9-7-32)31-54-22-24-57(25-23-54,38-10-12-41(46(50)58)45(27-38)63-39-26-33-15-19-51-47(33)52-30-39)64(61,62)40-11-13-43(44(28-40)56(59)60)53-36-16-20-55(21-17-36)37-4-3-5-37/h6-13,15,19,26-28,30,36-37,53H,3-5,14,16-18,20-25,29,31H2,1-2H3,(H2-,50,51,52,58)/p+1. The number of nitrogens with one attached hydrogen (secondary N) is 2. The molecule has 0 bridgehead atoms. The Hall–Kier alpha value is -5.32. The number of nitrogens with two attached hydrogens (primary N) is 1. The molecule has 1 saturated carbocycles. The lowest BCUT2D eigenvalue weighted by Crippen LogP contribution is -2.63. The van der Waals surface area contributed by atoms with Gasteiger partial charge in [-0.05, 0) is 104 Å². The quantitative estimate of drug-likeness (QED) is 0.0587. The molecule has 5 aromatic rings. The van der Waals surface area contributed by atoms with Crippen molar-refractivity contribution >= 4 is 61.2 Å². The van der Waals surface area contributed by atoms with Crippen molar-refractivity contribution in [2.45, 2.75) is 82.2 Å². The molecule has 9 rings (SSSR count). The molecule has 2 aliphatic carbocycles. The molecule has 1 amide bonds. The average molecular weight is 909 g/mol. The Labute approximate surface area is 379 Å². The van der Waals surface area contributed by atoms with Gasteiger partial charge in [0.25, 0.3) is 11.6 Å². The zero-order chi connectivity index (χ0) is 44.8. The highest BCUT2D eigenvalue weighted by atomic mass is 35.5. The van der Waals surface area contributed by atoms with E-state index in [-0.39, 0.29) is 46.4 Å². The van der Waals surface area contributed by atoms with Gasteiger partial charge in [0.2, 0.25) is 0 Å². The van der Waals surface area contributed by atoms with Gasteiger partial charge in [-0.2, -0.15) is 12.3 Å². The molecule has 0 radical (unpaired) electrons. The summed E-state index contributed by atoms with van der Waals surface area (Å²) in [4.78, 5) is 37.2. The van der Waals surface area contributed by atoms with Crippen molar-refractivity contribution in [3.05, 3.63) is 117 Å². The Morgan fingerprint density at radius 3 is 2.45 bits per heavy atom. The Bertz CT molecular complexity index is 2720. The summed E-state index contributed by atoms with van der Waals surface area (Å²) in [5, 5.41) is 17.6. The maximum atomic E-state index is 15.5. The maximum Gasteiger partial charge on any atom is 0.332 e. The minimum absolute atomic E-state index is 0.0323. The predicted octanol–water partition coefficient (Wildman–Crippen LogP) is 9.12. The number of aromatic amines is 1. The largest absolute Gasteiger partial charge is 0.455 e. The fourth-order valence-corrected chi connectivity index (χ4v) is 12.1. The van der Waals surface area contributed by atoms with E-state index in [2.05, 4.69) is 51.1 Å². The van der Waals surface area contributed by atoms with Crippen LogP contribution in [-0.4, -0.2) is 96.9 Å². The van der Waals surface area contributed by atoms with Gasteiger partial charge >= 0.3 is 10.0 Å². The van der Waals surface area contributed by atoms with Gasteiger partial charge in [-0.1, -0.05) is 49.6 Å². The molecule has 4 N–H and O–H groups in total. The number of hydrogen-bond donors (Lipinski definition) is 3. The van der Waals surface area contributed by atoms with Gasteiger partial charge in [-0.25, -0.2) is 4.98 Å². The number of rotatable bonds is 13. The molecular formula is C48H56ClN8O6S+. The fourth-order valence-electron chi connectivity index (χ4n) is 10.0. The number of carbonyl (C=O) groups excluding carboxylic acids is 1. The van der Waals surface area contributed by atoms with Gasteiger partial charge in [0.1, 0.15) is 40.8 Å². The molecule has 2 aromatic heterocycles. The number of benzene rings is 3. The third-order valence-electron chi connectivity index (χ3n) is 14.1. The van der Waals surface area contributed by atoms with Crippen LogP contribution in [0.1, 0.15) is 81.1 Å². The van der Waals surface area contributed by atoms with Gasteiger partial charge in [0.15, 0.2) is 5.69 Å². The van der Waals surface area contributed by atoms with Gasteiger partial charge in [0.05, 0.1) is 16.7 Å². The molecule has 0 unspecified atom stereocenters. The second-order valence-electron chi connectivity index (χ2n) is 18.7. The summed E-state index contributed by atoms with van der Waals surface area (Å²) in [6.45, 7) is 8.16. The smallest absolute Gasteiger partial charge is 0.332 e. The lowest BCUT2D eigenvalue weighted by atomic mass is 9.72. The van der Waals surface area contributed by atoms with Crippen molar-refractivity contribution in [3.63, 3.8) is 0 Å². The molecule has 14 nitrogen and oxygen atoms in total. The first-order valence-electron chi connectivity index (χ1n) is 22.3. The number of sulfonamides is 1. The number of pyridine rings is 1. The van der Waals surface area contributed by atoms with Crippen molar-refractivity contribution in [1.82, 2.24) is 23.7 Å². The summed E-state index contributed by atoms with van der Waals surface area (Å²) in [5.41, 5.74) is 10.8. The molecule has 0 spiro atoms. The van der Waals surface area contributed by atoms with Crippen molar-refractivity contribution in [1.29, 1.82) is 0 Å². The van der Waals surface area contributed by atoms with Crippen LogP contribution < -0.4 is 19.7 Å². The molecule has 4 heterocycles. The number of aromatic nitrogens is 2. The van der Waals surface area contributed by atoms with E-state index in [1.807, 2.05) is 18.2 Å². The third kappa shape index (κ3) is 8.75. The van der Waals surface area contributed by atoms with E-state index in [0.717, 1.165) is 56.1 Å². The number of allylic oxidation sites excluding steroid dienone is 1. The number of nitro groups is 1. The summed E-state index contributed by atoms with van der Waals surface area (Å²) in [6.07, 6.45) is 11.6. The monoisotopic (exact) mass is 907 g/mol. The molecule has 64 heavy (non-hydrogen) atoms. The molecule has 336 valence electrons. The Morgan fingerprint density at radius 2 is 1.77 bits per heavy atom. The van der Waals surface area contributed by atoms with Gasteiger partial charge < -0.3 is 25.7 Å². The number of likely N-dealkylation sites (tertiary alicyclic amines) is 1. The number of amides is 1. The molecule has 0 atom stereocenters. The van der Waals surface area contributed by atoms with Gasteiger partial charge in [-0.3, -0.25) is 19.8 Å². The number of H-pyrrole nitrogens is 1. The number of ether oxygens (including phenoxy) is 1. The SMILES string of the molecule is CC1(C)CCC(CN2CC[N+](c3ccc(C(N)=O)c(Oc4cnc5[nH]ccc5c4)c3)(S(=O)(=O)c3ccc(NC4CCN(C5CCC5)CC4)c([N+](=O)[O-])c3)CC2)=C(c2ccc(Cl)cc2)C1. The van der Waals surface area contributed by atoms with Crippen LogP contribution >= 0.6 is 11.6 Å². The summed E-state index contributed by atoms with van der Waals surface area (Å²) in [7, 11) is -4.41. The minimum Gasteiger partial charge on any atom is -0.455 e. The van der Waals surface area contributed by atoms with E-state index < -0.39 is 24.7 Å². The number of quaternary nitrogens is 1. The predicted molar refractivity (Wildman–Crippen MR) is 251 cm³/mol. The molecule has 2 saturated heterocycles. The van der Waals surface area contributed by atoms with Crippen LogP contribution in [0.5, 0.6) is 11.5 Å². The number of hydrogen-bond acceptors (Lipinski definition) is 10. The lowest BCUT2D eigenvalue weighted by molar-refractivity contribution is -0.384. The number of nitrogens with zero attached hydrogens (tertiary/aromatic N) is 5. The topological polar surface area (TPSA) is 177 Å². The summed E-state index contributed by atoms with van der Waals surface area (Å²) < 4.78 is 36.7. The van der Waals surface area contributed by atoms with E-state index in [1.165, 1.54) is 54.8 Å². The van der Waals surface area contributed by atoms with Crippen molar-refractivity contribution in [3.8, 4) is 11.5 Å². The lowest BCUT2D eigenvalue weighted by Gasteiger charge is -2.43. The number of halogens is 1. The number of carbonyl (C=O) groups is 1. The first-order valence-corrected chi connectivity index (χ1v) is 24.2. The number of piperazine rings is 1. The van der Waals surface area contributed by atoms with Crippen LogP contribution in [0, 0.1) is 15.5 Å². The second-order valence-corrected chi connectivity index (χ2v) is 21.3. The van der Waals surface area contributed by atoms with Gasteiger partial charge in [0, 0.05) is 79.6 Å². The first-order chi connectivity index (χ1) is 30.7. The van der Waals surface area contributed by atoms with E-state index in [9.17, 15) is 14.9 Å². The zero-order valence-electron chi connectivity index (χ0n) is 36.4.